The standard InChI is InChI=1S/C17H18N2O3.C2H6/c1-3-21-17(20)14-11(2)8-10-19-16(14)22-13-7-6-12-5-4-9-18-15(12)13;1-2/h4-5,8-10,13H,3,6-7H2,1-2H3;1-2H3. The Labute approximate surface area is 143 Å². The quantitative estimate of drug-likeness (QED) is 0.792. The van der Waals surface area contributed by atoms with E-state index in [4.69, 9.17) is 9.47 Å². The lowest BCUT2D eigenvalue weighted by atomic mass is 10.1. The van der Waals surface area contributed by atoms with Crippen molar-refractivity contribution in [1.82, 2.24) is 9.97 Å². The lowest BCUT2D eigenvalue weighted by molar-refractivity contribution is 0.0516. The van der Waals surface area contributed by atoms with E-state index in [2.05, 4.69) is 16.0 Å². The molecular weight excluding hydrogens is 304 g/mol. The van der Waals surface area contributed by atoms with Crippen molar-refractivity contribution < 1.29 is 14.3 Å². The molecule has 2 heterocycles. The van der Waals surface area contributed by atoms with Crippen LogP contribution in [0.5, 0.6) is 5.88 Å². The van der Waals surface area contributed by atoms with Crippen LogP contribution in [0.2, 0.25) is 0 Å². The van der Waals surface area contributed by atoms with Gasteiger partial charge in [-0.25, -0.2) is 9.78 Å². The molecule has 1 aliphatic carbocycles. The summed E-state index contributed by atoms with van der Waals surface area (Å²) in [6, 6.07) is 5.76. The Balaban J connectivity index is 0.00000100. The van der Waals surface area contributed by atoms with Crippen molar-refractivity contribution in [2.75, 3.05) is 6.61 Å². The summed E-state index contributed by atoms with van der Waals surface area (Å²) in [7, 11) is 0. The van der Waals surface area contributed by atoms with Crippen LogP contribution in [0, 0.1) is 6.92 Å². The summed E-state index contributed by atoms with van der Waals surface area (Å²) >= 11 is 0. The van der Waals surface area contributed by atoms with E-state index in [-0.39, 0.29) is 6.10 Å². The zero-order valence-electron chi connectivity index (χ0n) is 14.7. The maximum atomic E-state index is 12.1. The highest BCUT2D eigenvalue weighted by atomic mass is 16.5. The van der Waals surface area contributed by atoms with Gasteiger partial charge in [0, 0.05) is 12.4 Å². The summed E-state index contributed by atoms with van der Waals surface area (Å²) in [4.78, 5) is 20.8. The second-order valence-electron chi connectivity index (χ2n) is 5.22. The highest BCUT2D eigenvalue weighted by molar-refractivity contribution is 5.93. The summed E-state index contributed by atoms with van der Waals surface area (Å²) in [6.45, 7) is 7.95. The highest BCUT2D eigenvalue weighted by Crippen LogP contribution is 2.34. The monoisotopic (exact) mass is 328 g/mol. The van der Waals surface area contributed by atoms with Crippen molar-refractivity contribution in [3.8, 4) is 5.88 Å². The first kappa shape index (κ1) is 17.9. The number of esters is 1. The Morgan fingerprint density at radius 2 is 2.04 bits per heavy atom. The number of nitrogens with zero attached hydrogens (tertiary/aromatic N) is 2. The van der Waals surface area contributed by atoms with Gasteiger partial charge in [-0.3, -0.25) is 4.98 Å². The van der Waals surface area contributed by atoms with Crippen LogP contribution in [0.25, 0.3) is 0 Å². The average Bonchev–Trinajstić information content (AvgIpc) is 3.00. The molecule has 0 saturated heterocycles. The van der Waals surface area contributed by atoms with E-state index >= 15 is 0 Å². The zero-order valence-corrected chi connectivity index (χ0v) is 14.7. The van der Waals surface area contributed by atoms with Crippen molar-refractivity contribution in [3.05, 3.63) is 53.0 Å². The van der Waals surface area contributed by atoms with Gasteiger partial charge in [0.05, 0.1) is 12.3 Å². The largest absolute Gasteiger partial charge is 0.467 e. The molecule has 1 atom stereocenters. The first-order chi connectivity index (χ1) is 11.7. The number of aryl methyl sites for hydroxylation is 2. The van der Waals surface area contributed by atoms with Crippen LogP contribution in [-0.2, 0) is 11.2 Å². The van der Waals surface area contributed by atoms with Gasteiger partial charge in [-0.15, -0.1) is 0 Å². The van der Waals surface area contributed by atoms with Crippen molar-refractivity contribution in [3.63, 3.8) is 0 Å². The first-order valence-corrected chi connectivity index (χ1v) is 8.44. The fourth-order valence-corrected chi connectivity index (χ4v) is 2.70. The van der Waals surface area contributed by atoms with Crippen molar-refractivity contribution in [2.45, 2.75) is 46.6 Å². The summed E-state index contributed by atoms with van der Waals surface area (Å²) < 4.78 is 11.1. The molecule has 0 spiro atoms. The van der Waals surface area contributed by atoms with Gasteiger partial charge in [0.25, 0.3) is 0 Å². The molecule has 1 unspecified atom stereocenters. The van der Waals surface area contributed by atoms with Crippen LogP contribution in [0.3, 0.4) is 0 Å². The van der Waals surface area contributed by atoms with E-state index in [1.165, 1.54) is 5.56 Å². The first-order valence-electron chi connectivity index (χ1n) is 8.44. The lowest BCUT2D eigenvalue weighted by Crippen LogP contribution is -2.13. The third-order valence-electron chi connectivity index (χ3n) is 3.76. The molecule has 5 heteroatoms. The van der Waals surface area contributed by atoms with E-state index in [0.717, 1.165) is 24.1 Å². The minimum atomic E-state index is -0.401. The predicted molar refractivity (Wildman–Crippen MR) is 92.2 cm³/mol. The van der Waals surface area contributed by atoms with E-state index in [1.807, 2.05) is 26.8 Å². The Kier molecular flexibility index (Phi) is 6.29. The summed E-state index contributed by atoms with van der Waals surface area (Å²) in [5.41, 5.74) is 3.31. The second-order valence-corrected chi connectivity index (χ2v) is 5.22. The van der Waals surface area contributed by atoms with Gasteiger partial charge < -0.3 is 9.47 Å². The van der Waals surface area contributed by atoms with Gasteiger partial charge in [0.1, 0.15) is 11.7 Å². The van der Waals surface area contributed by atoms with Gasteiger partial charge in [0.15, 0.2) is 0 Å². The molecule has 0 bridgehead atoms. The number of carbonyl (C=O) groups is 1. The molecule has 0 radical (unpaired) electrons. The van der Waals surface area contributed by atoms with Gasteiger partial charge >= 0.3 is 5.97 Å². The van der Waals surface area contributed by atoms with Gasteiger partial charge in [-0.2, -0.15) is 0 Å². The van der Waals surface area contributed by atoms with Crippen molar-refractivity contribution in [1.29, 1.82) is 0 Å². The number of hydrogen-bond acceptors (Lipinski definition) is 5. The number of rotatable bonds is 4. The van der Waals surface area contributed by atoms with Crippen molar-refractivity contribution >= 4 is 5.97 Å². The normalized spacial score (nSPS) is 15.1. The molecule has 0 saturated carbocycles. The molecular formula is C19H24N2O3. The number of carbonyl (C=O) groups excluding carboxylic acids is 1. The minimum Gasteiger partial charge on any atom is -0.467 e. The Morgan fingerprint density at radius 3 is 2.79 bits per heavy atom. The van der Waals surface area contributed by atoms with E-state index < -0.39 is 5.97 Å². The molecule has 0 aromatic carbocycles. The molecule has 2 aromatic rings. The van der Waals surface area contributed by atoms with E-state index in [0.29, 0.717) is 18.1 Å². The molecule has 24 heavy (non-hydrogen) atoms. The lowest BCUT2D eigenvalue weighted by Gasteiger charge is -2.16. The number of fused-ring (bicyclic) bond motifs is 1. The van der Waals surface area contributed by atoms with Gasteiger partial charge in [-0.1, -0.05) is 19.9 Å². The second kappa shape index (κ2) is 8.43. The van der Waals surface area contributed by atoms with Gasteiger partial charge in [0.2, 0.25) is 5.88 Å². The molecule has 1 aliphatic rings. The molecule has 2 aromatic heterocycles. The Bertz CT molecular complexity index is 701. The van der Waals surface area contributed by atoms with Crippen LogP contribution in [0.1, 0.15) is 60.5 Å². The molecule has 5 nitrogen and oxygen atoms in total. The predicted octanol–water partition coefficient (Wildman–Crippen LogP) is 4.05. The molecule has 0 fully saturated rings. The maximum Gasteiger partial charge on any atom is 0.343 e. The van der Waals surface area contributed by atoms with E-state index in [9.17, 15) is 4.79 Å². The van der Waals surface area contributed by atoms with Gasteiger partial charge in [-0.05, 0) is 49.9 Å². The number of pyridine rings is 2. The third kappa shape index (κ3) is 3.72. The minimum absolute atomic E-state index is 0.168. The highest BCUT2D eigenvalue weighted by Gasteiger charge is 2.28. The Morgan fingerprint density at radius 1 is 1.25 bits per heavy atom. The molecule has 0 amide bonds. The molecule has 3 rings (SSSR count). The van der Waals surface area contributed by atoms with Crippen LogP contribution in [-0.4, -0.2) is 22.5 Å². The third-order valence-corrected chi connectivity index (χ3v) is 3.76. The average molecular weight is 328 g/mol. The van der Waals surface area contributed by atoms with Crippen LogP contribution in [0.15, 0.2) is 30.6 Å². The topological polar surface area (TPSA) is 61.3 Å². The summed E-state index contributed by atoms with van der Waals surface area (Å²) in [5, 5.41) is 0. The zero-order chi connectivity index (χ0) is 17.5. The van der Waals surface area contributed by atoms with Crippen molar-refractivity contribution in [2.24, 2.45) is 0 Å². The summed E-state index contributed by atoms with van der Waals surface area (Å²) in [5.74, 6) is -0.0794. The van der Waals surface area contributed by atoms with E-state index in [1.54, 1.807) is 25.4 Å². The summed E-state index contributed by atoms with van der Waals surface area (Å²) in [6.07, 6.45) is 5.00. The SMILES string of the molecule is CC.CCOC(=O)c1c(C)ccnc1OC1CCc2cccnc21. The fraction of sp³-hybridized carbons (Fsp3) is 0.421. The Hall–Kier alpha value is -2.43. The van der Waals surface area contributed by atoms with Crippen LogP contribution in [0.4, 0.5) is 0 Å². The number of hydrogen-bond donors (Lipinski definition) is 0. The van der Waals surface area contributed by atoms with Crippen LogP contribution >= 0.6 is 0 Å². The number of aromatic nitrogens is 2. The molecule has 0 aliphatic heterocycles. The molecule has 0 N–H and O–H groups in total. The van der Waals surface area contributed by atoms with Crippen LogP contribution < -0.4 is 4.74 Å². The fourth-order valence-electron chi connectivity index (χ4n) is 2.70. The number of ether oxygens (including phenoxy) is 2. The smallest absolute Gasteiger partial charge is 0.343 e. The molecule has 128 valence electrons. The maximum absolute atomic E-state index is 12.1.